The van der Waals surface area contributed by atoms with Crippen LogP contribution in [0.5, 0.6) is 11.5 Å². The average molecular weight is 274 g/mol. The Morgan fingerprint density at radius 3 is 2.68 bits per heavy atom. The maximum atomic E-state index is 10.9. The van der Waals surface area contributed by atoms with Crippen molar-refractivity contribution < 1.29 is 14.3 Å². The van der Waals surface area contributed by atoms with E-state index in [1.54, 1.807) is 14.2 Å². The molecule has 1 heterocycles. The van der Waals surface area contributed by atoms with Crippen molar-refractivity contribution in [2.24, 2.45) is 0 Å². The van der Waals surface area contributed by atoms with Gasteiger partial charge < -0.3 is 9.47 Å². The van der Waals surface area contributed by atoms with Crippen LogP contribution in [0.2, 0.25) is 0 Å². The number of benzene rings is 1. The van der Waals surface area contributed by atoms with E-state index in [-0.39, 0.29) is 0 Å². The smallest absolute Gasteiger partial charge is 0.160 e. The van der Waals surface area contributed by atoms with Crippen molar-refractivity contribution in [3.8, 4) is 21.9 Å². The molecule has 3 nitrogen and oxygen atoms in total. The van der Waals surface area contributed by atoms with Crippen molar-refractivity contribution in [1.82, 2.24) is 0 Å². The van der Waals surface area contributed by atoms with Crippen LogP contribution in [-0.4, -0.2) is 20.5 Å². The molecule has 0 saturated heterocycles. The minimum Gasteiger partial charge on any atom is -0.497 e. The van der Waals surface area contributed by atoms with Crippen LogP contribution in [0.4, 0.5) is 0 Å². The number of ether oxygens (including phenoxy) is 2. The van der Waals surface area contributed by atoms with E-state index < -0.39 is 0 Å². The molecule has 0 fully saturated rings. The highest BCUT2D eigenvalue weighted by molar-refractivity contribution is 7.17. The van der Waals surface area contributed by atoms with E-state index in [9.17, 15) is 4.79 Å². The van der Waals surface area contributed by atoms with Crippen molar-refractivity contribution in [2.75, 3.05) is 14.2 Å². The highest BCUT2D eigenvalue weighted by atomic mass is 32.1. The third-order valence-corrected chi connectivity index (χ3v) is 4.61. The van der Waals surface area contributed by atoms with Crippen LogP contribution in [0.1, 0.15) is 20.8 Å². The first-order chi connectivity index (χ1) is 9.26. The third kappa shape index (κ3) is 1.92. The zero-order valence-electron chi connectivity index (χ0n) is 10.9. The molecule has 2 aromatic rings. The quantitative estimate of drug-likeness (QED) is 0.805. The number of fused-ring (bicyclic) bond motifs is 3. The molecular weight excluding hydrogens is 260 g/mol. The normalized spacial score (nSPS) is 12.5. The number of aldehydes is 1. The second-order valence-electron chi connectivity index (χ2n) is 4.48. The predicted octanol–water partition coefficient (Wildman–Crippen LogP) is 3.34. The molecule has 1 aromatic heterocycles. The van der Waals surface area contributed by atoms with E-state index in [0.29, 0.717) is 0 Å². The van der Waals surface area contributed by atoms with Crippen LogP contribution >= 0.6 is 11.3 Å². The molecule has 19 heavy (non-hydrogen) atoms. The van der Waals surface area contributed by atoms with E-state index in [4.69, 9.17) is 9.47 Å². The highest BCUT2D eigenvalue weighted by Crippen LogP contribution is 2.44. The second kappa shape index (κ2) is 4.70. The Morgan fingerprint density at radius 2 is 2.00 bits per heavy atom. The second-order valence-corrected chi connectivity index (χ2v) is 5.56. The minimum atomic E-state index is 0.777. The molecule has 0 bridgehead atoms. The first-order valence-electron chi connectivity index (χ1n) is 6.10. The fourth-order valence-electron chi connectivity index (χ4n) is 2.56. The van der Waals surface area contributed by atoms with Crippen molar-refractivity contribution in [3.63, 3.8) is 0 Å². The first kappa shape index (κ1) is 12.2. The number of carbonyl (C=O) groups excluding carboxylic acids is 1. The van der Waals surface area contributed by atoms with Crippen molar-refractivity contribution in [1.29, 1.82) is 0 Å². The maximum absolute atomic E-state index is 10.9. The predicted molar refractivity (Wildman–Crippen MR) is 75.7 cm³/mol. The van der Waals surface area contributed by atoms with Crippen molar-refractivity contribution in [3.05, 3.63) is 34.2 Å². The average Bonchev–Trinajstić information content (AvgIpc) is 2.89. The number of carbonyl (C=O) groups is 1. The Bertz CT molecular complexity index is 643. The molecule has 0 N–H and O–H groups in total. The number of aryl methyl sites for hydroxylation is 1. The Balaban J connectivity index is 2.23. The summed E-state index contributed by atoms with van der Waals surface area (Å²) in [6, 6.07) is 5.93. The molecule has 0 atom stereocenters. The Hall–Kier alpha value is -1.81. The summed E-state index contributed by atoms with van der Waals surface area (Å²) >= 11 is 1.54. The number of hydrogen-bond donors (Lipinski definition) is 0. The van der Waals surface area contributed by atoms with Crippen LogP contribution in [0, 0.1) is 0 Å². The number of hydrogen-bond acceptors (Lipinski definition) is 4. The Labute approximate surface area is 115 Å². The van der Waals surface area contributed by atoms with E-state index in [1.165, 1.54) is 27.3 Å². The van der Waals surface area contributed by atoms with Gasteiger partial charge in [-0.15, -0.1) is 11.3 Å². The third-order valence-electron chi connectivity index (χ3n) is 3.47. The Kier molecular flexibility index (Phi) is 3.03. The monoisotopic (exact) mass is 274 g/mol. The number of rotatable bonds is 3. The van der Waals surface area contributed by atoms with Gasteiger partial charge >= 0.3 is 0 Å². The van der Waals surface area contributed by atoms with Gasteiger partial charge in [0, 0.05) is 22.1 Å². The fraction of sp³-hybridized carbons (Fsp3) is 0.267. The van der Waals surface area contributed by atoms with Gasteiger partial charge in [-0.05, 0) is 30.5 Å². The van der Waals surface area contributed by atoms with Gasteiger partial charge in [-0.2, -0.15) is 0 Å². The Morgan fingerprint density at radius 1 is 1.16 bits per heavy atom. The maximum Gasteiger partial charge on any atom is 0.160 e. The summed E-state index contributed by atoms with van der Waals surface area (Å²) in [5.74, 6) is 1.64. The molecule has 0 amide bonds. The summed E-state index contributed by atoms with van der Waals surface area (Å²) in [4.78, 5) is 12.9. The molecule has 1 aliphatic carbocycles. The summed E-state index contributed by atoms with van der Waals surface area (Å²) in [5, 5.41) is 0. The summed E-state index contributed by atoms with van der Waals surface area (Å²) in [5.41, 5.74) is 3.58. The molecule has 98 valence electrons. The minimum absolute atomic E-state index is 0.777. The largest absolute Gasteiger partial charge is 0.497 e. The lowest BCUT2D eigenvalue weighted by Gasteiger charge is -2.20. The molecule has 0 aliphatic heterocycles. The molecule has 0 unspecified atom stereocenters. The van der Waals surface area contributed by atoms with Crippen LogP contribution in [0.3, 0.4) is 0 Å². The van der Waals surface area contributed by atoms with E-state index >= 15 is 0 Å². The van der Waals surface area contributed by atoms with Gasteiger partial charge in [0.2, 0.25) is 0 Å². The van der Waals surface area contributed by atoms with Gasteiger partial charge in [-0.3, -0.25) is 4.79 Å². The SMILES string of the molecule is COc1cc(OC)c2c(c1)-c1sc(C=O)cc1CC2. The molecule has 0 radical (unpaired) electrons. The number of thiophene rings is 1. The van der Waals surface area contributed by atoms with Gasteiger partial charge in [0.25, 0.3) is 0 Å². The van der Waals surface area contributed by atoms with Gasteiger partial charge in [0.15, 0.2) is 6.29 Å². The highest BCUT2D eigenvalue weighted by Gasteiger charge is 2.23. The molecule has 1 aliphatic rings. The van der Waals surface area contributed by atoms with Crippen molar-refractivity contribution in [2.45, 2.75) is 12.8 Å². The lowest BCUT2D eigenvalue weighted by atomic mass is 9.90. The van der Waals surface area contributed by atoms with Crippen LogP contribution < -0.4 is 9.47 Å². The lowest BCUT2D eigenvalue weighted by Crippen LogP contribution is -2.04. The van der Waals surface area contributed by atoms with E-state index in [2.05, 4.69) is 0 Å². The lowest BCUT2D eigenvalue weighted by molar-refractivity contribution is 0.112. The molecular formula is C15H14O3S. The van der Waals surface area contributed by atoms with E-state index in [0.717, 1.165) is 41.1 Å². The van der Waals surface area contributed by atoms with E-state index in [1.807, 2.05) is 18.2 Å². The van der Waals surface area contributed by atoms with Gasteiger partial charge in [-0.1, -0.05) is 0 Å². The molecule has 1 aromatic carbocycles. The molecule has 0 spiro atoms. The molecule has 0 saturated carbocycles. The zero-order valence-corrected chi connectivity index (χ0v) is 11.7. The summed E-state index contributed by atoms with van der Waals surface area (Å²) in [6.07, 6.45) is 2.81. The first-order valence-corrected chi connectivity index (χ1v) is 6.91. The fourth-order valence-corrected chi connectivity index (χ4v) is 3.63. The van der Waals surface area contributed by atoms with Crippen molar-refractivity contribution >= 4 is 17.6 Å². The standard InChI is InChI=1S/C15H14O3S/c1-17-10-6-13-12(14(7-10)18-2)4-3-9-5-11(8-16)19-15(9)13/h5-8H,3-4H2,1-2H3. The summed E-state index contributed by atoms with van der Waals surface area (Å²) in [6.45, 7) is 0. The van der Waals surface area contributed by atoms with Crippen LogP contribution in [0.15, 0.2) is 18.2 Å². The van der Waals surface area contributed by atoms with Crippen LogP contribution in [-0.2, 0) is 12.8 Å². The molecule has 4 heteroatoms. The summed E-state index contributed by atoms with van der Waals surface area (Å²) < 4.78 is 10.8. The molecule has 3 rings (SSSR count). The van der Waals surface area contributed by atoms with Gasteiger partial charge in [0.1, 0.15) is 11.5 Å². The van der Waals surface area contributed by atoms with Gasteiger partial charge in [0.05, 0.1) is 19.1 Å². The number of methoxy groups -OCH3 is 2. The topological polar surface area (TPSA) is 35.5 Å². The van der Waals surface area contributed by atoms with Crippen LogP contribution in [0.25, 0.3) is 10.4 Å². The zero-order chi connectivity index (χ0) is 13.4. The summed E-state index contributed by atoms with van der Waals surface area (Å²) in [7, 11) is 3.33. The van der Waals surface area contributed by atoms with Gasteiger partial charge in [-0.25, -0.2) is 0 Å².